The number of rotatable bonds is 9. The van der Waals surface area contributed by atoms with Crippen molar-refractivity contribution in [1.82, 2.24) is 5.32 Å². The number of carbonyl (C=O) groups excluding carboxylic acids is 1. The van der Waals surface area contributed by atoms with Crippen LogP contribution in [0.4, 0.5) is 11.4 Å². The molecule has 3 rings (SSSR count). The Morgan fingerprint density at radius 3 is 2.34 bits per heavy atom. The quantitative estimate of drug-likeness (QED) is 0.606. The number of carbonyl (C=O) groups is 1. The average molecular weight is 458 g/mol. The Bertz CT molecular complexity index is 999. The van der Waals surface area contributed by atoms with Crippen molar-refractivity contribution in [3.63, 3.8) is 0 Å². The third-order valence-corrected chi connectivity index (χ3v) is 7.22. The Balaban J connectivity index is 1.52. The maximum absolute atomic E-state index is 12.5. The van der Waals surface area contributed by atoms with E-state index in [4.69, 9.17) is 0 Å². The van der Waals surface area contributed by atoms with Gasteiger partial charge < -0.3 is 10.2 Å². The lowest BCUT2D eigenvalue weighted by Crippen LogP contribution is -2.33. The minimum absolute atomic E-state index is 0.0733. The molecule has 0 spiro atoms. The monoisotopic (exact) mass is 457 g/mol. The fraction of sp³-hybridized carbons (Fsp3) is 0.480. The van der Waals surface area contributed by atoms with Crippen LogP contribution in [-0.2, 0) is 14.8 Å². The molecular formula is C25H35N3O3S. The molecule has 7 heteroatoms. The maximum atomic E-state index is 12.5. The van der Waals surface area contributed by atoms with Crippen molar-refractivity contribution in [1.29, 1.82) is 0 Å². The van der Waals surface area contributed by atoms with E-state index in [2.05, 4.69) is 34.5 Å². The van der Waals surface area contributed by atoms with Gasteiger partial charge in [-0.15, -0.1) is 0 Å². The molecule has 0 bridgehead atoms. The summed E-state index contributed by atoms with van der Waals surface area (Å²) in [6.07, 6.45) is 5.73. The van der Waals surface area contributed by atoms with Crippen LogP contribution in [-0.4, -0.2) is 40.2 Å². The van der Waals surface area contributed by atoms with Gasteiger partial charge in [-0.3, -0.25) is 9.10 Å². The van der Waals surface area contributed by atoms with Crippen LogP contribution in [0.25, 0.3) is 0 Å². The molecule has 1 heterocycles. The minimum atomic E-state index is -3.42. The van der Waals surface area contributed by atoms with E-state index in [0.29, 0.717) is 12.1 Å². The lowest BCUT2D eigenvalue weighted by atomic mass is 10.1. The average Bonchev–Trinajstić information content (AvgIpc) is 2.77. The van der Waals surface area contributed by atoms with Crippen molar-refractivity contribution in [2.24, 2.45) is 0 Å². The number of sulfonamides is 1. The van der Waals surface area contributed by atoms with Gasteiger partial charge in [-0.05, 0) is 68.9 Å². The highest BCUT2D eigenvalue weighted by Gasteiger charge is 2.19. The van der Waals surface area contributed by atoms with Gasteiger partial charge in [0.05, 0.1) is 18.0 Å². The normalized spacial score (nSPS) is 15.3. The van der Waals surface area contributed by atoms with E-state index in [-0.39, 0.29) is 24.9 Å². The predicted molar refractivity (Wildman–Crippen MR) is 132 cm³/mol. The SMILES string of the molecule is Cc1ccccc1N(CCCC(=O)N[C@H](C)c1ccc(N2CCCCC2)cc1)S(C)(=O)=O. The van der Waals surface area contributed by atoms with Gasteiger partial charge in [-0.1, -0.05) is 30.3 Å². The maximum Gasteiger partial charge on any atom is 0.232 e. The van der Waals surface area contributed by atoms with Crippen LogP contribution in [0, 0.1) is 6.92 Å². The number of nitrogens with one attached hydrogen (secondary N) is 1. The molecule has 0 radical (unpaired) electrons. The molecule has 32 heavy (non-hydrogen) atoms. The molecule has 0 aromatic heterocycles. The zero-order chi connectivity index (χ0) is 23.1. The van der Waals surface area contributed by atoms with E-state index < -0.39 is 10.0 Å². The van der Waals surface area contributed by atoms with Crippen molar-refractivity contribution >= 4 is 27.3 Å². The van der Waals surface area contributed by atoms with Crippen molar-refractivity contribution in [3.8, 4) is 0 Å². The number of hydrogen-bond acceptors (Lipinski definition) is 4. The van der Waals surface area contributed by atoms with Crippen molar-refractivity contribution in [3.05, 3.63) is 59.7 Å². The predicted octanol–water partition coefficient (Wildman–Crippen LogP) is 4.41. The molecule has 1 atom stereocenters. The van der Waals surface area contributed by atoms with Crippen LogP contribution >= 0.6 is 0 Å². The van der Waals surface area contributed by atoms with Gasteiger partial charge in [0, 0.05) is 31.7 Å². The lowest BCUT2D eigenvalue weighted by Gasteiger charge is -2.29. The number of piperidine rings is 1. The second kappa shape index (κ2) is 10.9. The first kappa shape index (κ1) is 24.1. The van der Waals surface area contributed by atoms with Gasteiger partial charge in [0.1, 0.15) is 0 Å². The molecule has 2 aromatic carbocycles. The molecule has 1 aliphatic rings. The third-order valence-electron chi connectivity index (χ3n) is 6.04. The van der Waals surface area contributed by atoms with Crippen LogP contribution in [0.1, 0.15) is 56.2 Å². The number of hydrogen-bond donors (Lipinski definition) is 1. The summed E-state index contributed by atoms with van der Waals surface area (Å²) in [7, 11) is -3.42. The molecular weight excluding hydrogens is 422 g/mol. The van der Waals surface area contributed by atoms with Crippen molar-refractivity contribution in [2.75, 3.05) is 35.1 Å². The molecule has 1 N–H and O–H groups in total. The van der Waals surface area contributed by atoms with Crippen molar-refractivity contribution < 1.29 is 13.2 Å². The van der Waals surface area contributed by atoms with E-state index in [0.717, 1.165) is 24.2 Å². The molecule has 0 aliphatic carbocycles. The van der Waals surface area contributed by atoms with Crippen LogP contribution < -0.4 is 14.5 Å². The summed E-state index contributed by atoms with van der Waals surface area (Å²) in [4.78, 5) is 14.9. The van der Waals surface area contributed by atoms with E-state index in [9.17, 15) is 13.2 Å². The van der Waals surface area contributed by atoms with Crippen LogP contribution in [0.5, 0.6) is 0 Å². The Kier molecular flexibility index (Phi) is 8.18. The second-order valence-corrected chi connectivity index (χ2v) is 10.6. The van der Waals surface area contributed by atoms with Gasteiger partial charge in [-0.25, -0.2) is 8.42 Å². The molecule has 0 saturated carbocycles. The number of benzene rings is 2. The summed E-state index contributed by atoms with van der Waals surface area (Å²) in [6.45, 7) is 6.36. The first-order valence-electron chi connectivity index (χ1n) is 11.4. The number of nitrogens with zero attached hydrogens (tertiary/aromatic N) is 2. The molecule has 6 nitrogen and oxygen atoms in total. The molecule has 2 aromatic rings. The highest BCUT2D eigenvalue weighted by atomic mass is 32.2. The van der Waals surface area contributed by atoms with Crippen LogP contribution in [0.2, 0.25) is 0 Å². The summed E-state index contributed by atoms with van der Waals surface area (Å²) >= 11 is 0. The topological polar surface area (TPSA) is 69.7 Å². The summed E-state index contributed by atoms with van der Waals surface area (Å²) in [5, 5.41) is 3.04. The summed E-state index contributed by atoms with van der Waals surface area (Å²) < 4.78 is 26.0. The van der Waals surface area contributed by atoms with Gasteiger partial charge >= 0.3 is 0 Å². The van der Waals surface area contributed by atoms with Gasteiger partial charge in [-0.2, -0.15) is 0 Å². The van der Waals surface area contributed by atoms with Crippen LogP contribution in [0.15, 0.2) is 48.5 Å². The highest BCUT2D eigenvalue weighted by molar-refractivity contribution is 7.92. The molecule has 1 saturated heterocycles. The van der Waals surface area contributed by atoms with E-state index in [1.807, 2.05) is 32.0 Å². The Morgan fingerprint density at radius 1 is 1.06 bits per heavy atom. The van der Waals surface area contributed by atoms with Gasteiger partial charge in [0.25, 0.3) is 0 Å². The molecule has 174 valence electrons. The molecule has 1 fully saturated rings. The summed E-state index contributed by atoms with van der Waals surface area (Å²) in [5.74, 6) is -0.0733. The summed E-state index contributed by atoms with van der Waals surface area (Å²) in [5.41, 5.74) is 3.86. The standard InChI is InChI=1S/C25H35N3O3S/c1-20-10-5-6-11-24(20)28(32(3,30)31)19-9-12-25(29)26-21(2)22-13-15-23(16-14-22)27-17-7-4-8-18-27/h5-6,10-11,13-16,21H,4,7-9,12,17-19H2,1-3H3,(H,26,29)/t21-/m1/s1. The summed E-state index contributed by atoms with van der Waals surface area (Å²) in [6, 6.07) is 15.7. The molecule has 1 amide bonds. The fourth-order valence-corrected chi connectivity index (χ4v) is 5.24. The Morgan fingerprint density at radius 2 is 1.72 bits per heavy atom. The zero-order valence-electron chi connectivity index (χ0n) is 19.4. The number of amides is 1. The van der Waals surface area contributed by atoms with E-state index >= 15 is 0 Å². The molecule has 0 unspecified atom stereocenters. The first-order valence-corrected chi connectivity index (χ1v) is 13.3. The minimum Gasteiger partial charge on any atom is -0.372 e. The third kappa shape index (κ3) is 6.48. The van der Waals surface area contributed by atoms with E-state index in [1.165, 1.54) is 35.5 Å². The second-order valence-electron chi connectivity index (χ2n) is 8.65. The van der Waals surface area contributed by atoms with Crippen LogP contribution in [0.3, 0.4) is 0 Å². The first-order chi connectivity index (χ1) is 15.3. The Labute approximate surface area is 192 Å². The Hall–Kier alpha value is -2.54. The molecule has 1 aliphatic heterocycles. The van der Waals surface area contributed by atoms with Gasteiger partial charge in [0.2, 0.25) is 15.9 Å². The van der Waals surface area contributed by atoms with Crippen molar-refractivity contribution in [2.45, 2.75) is 52.0 Å². The van der Waals surface area contributed by atoms with E-state index in [1.54, 1.807) is 6.07 Å². The highest BCUT2D eigenvalue weighted by Crippen LogP contribution is 2.24. The van der Waals surface area contributed by atoms with Gasteiger partial charge in [0.15, 0.2) is 0 Å². The largest absolute Gasteiger partial charge is 0.372 e. The fourth-order valence-electron chi connectivity index (χ4n) is 4.21. The number of aryl methyl sites for hydroxylation is 1. The zero-order valence-corrected chi connectivity index (χ0v) is 20.2. The number of para-hydroxylation sites is 1. The smallest absolute Gasteiger partial charge is 0.232 e. The lowest BCUT2D eigenvalue weighted by molar-refractivity contribution is -0.121. The number of anilines is 2.